The Morgan fingerprint density at radius 3 is 2.66 bits per heavy atom. The van der Waals surface area contributed by atoms with Gasteiger partial charge in [0.25, 0.3) is 5.91 Å². The van der Waals surface area contributed by atoms with E-state index in [1.807, 2.05) is 30.3 Å². The number of hydrogen-bond donors (Lipinski definition) is 1. The number of carbonyl (C=O) groups is 2. The molecule has 1 atom stereocenters. The normalized spacial score (nSPS) is 20.7. The van der Waals surface area contributed by atoms with Gasteiger partial charge in [-0.2, -0.15) is 5.10 Å². The van der Waals surface area contributed by atoms with Crippen LogP contribution in [0.5, 0.6) is 0 Å². The number of benzene rings is 2. The first-order valence-corrected chi connectivity index (χ1v) is 12.6. The standard InChI is InChI=1S/C23H24N4O4S/c1-2-26-20-6-4-3-5-17(20)18-13-15(7-9-21(18)26)24-23(29)19-8-10-22(28)27(25-19)16-11-12-32(30,31)14-16/h3-7,9,13,16H,2,8,10-12,14H2,1H3,(H,24,29). The summed E-state index contributed by atoms with van der Waals surface area (Å²) in [5, 5.41) is 10.5. The van der Waals surface area contributed by atoms with E-state index in [0.29, 0.717) is 12.1 Å². The van der Waals surface area contributed by atoms with E-state index in [2.05, 4.69) is 34.0 Å². The largest absolute Gasteiger partial charge is 0.341 e. The Labute approximate surface area is 185 Å². The van der Waals surface area contributed by atoms with E-state index >= 15 is 0 Å². The van der Waals surface area contributed by atoms with Crippen molar-refractivity contribution < 1.29 is 18.0 Å². The summed E-state index contributed by atoms with van der Waals surface area (Å²) in [4.78, 5) is 25.2. The van der Waals surface area contributed by atoms with Gasteiger partial charge in [-0.1, -0.05) is 18.2 Å². The van der Waals surface area contributed by atoms with Gasteiger partial charge >= 0.3 is 0 Å². The molecule has 1 unspecified atom stereocenters. The highest BCUT2D eigenvalue weighted by Gasteiger charge is 2.37. The van der Waals surface area contributed by atoms with Crippen LogP contribution in [-0.2, 0) is 26.0 Å². The third kappa shape index (κ3) is 3.56. The molecule has 0 spiro atoms. The van der Waals surface area contributed by atoms with Crippen LogP contribution >= 0.6 is 0 Å². The van der Waals surface area contributed by atoms with Crippen molar-refractivity contribution in [1.82, 2.24) is 9.58 Å². The van der Waals surface area contributed by atoms with E-state index in [4.69, 9.17) is 0 Å². The van der Waals surface area contributed by atoms with Crippen LogP contribution in [0.15, 0.2) is 47.6 Å². The average Bonchev–Trinajstić information content (AvgIpc) is 3.30. The van der Waals surface area contributed by atoms with Crippen LogP contribution in [0.25, 0.3) is 21.8 Å². The second kappa shape index (κ2) is 7.74. The van der Waals surface area contributed by atoms with Gasteiger partial charge in [-0.05, 0) is 37.6 Å². The molecule has 2 aromatic carbocycles. The number of fused-ring (bicyclic) bond motifs is 3. The fourth-order valence-electron chi connectivity index (χ4n) is 4.66. The summed E-state index contributed by atoms with van der Waals surface area (Å²) in [6.45, 7) is 2.94. The van der Waals surface area contributed by atoms with Crippen molar-refractivity contribution in [3.63, 3.8) is 0 Å². The summed E-state index contributed by atoms with van der Waals surface area (Å²) in [5.74, 6) is -0.668. The van der Waals surface area contributed by atoms with Crippen molar-refractivity contribution in [2.75, 3.05) is 16.8 Å². The maximum absolute atomic E-state index is 12.9. The van der Waals surface area contributed by atoms with E-state index in [0.717, 1.165) is 28.4 Å². The Morgan fingerprint density at radius 1 is 1.12 bits per heavy atom. The predicted molar refractivity (Wildman–Crippen MR) is 124 cm³/mol. The van der Waals surface area contributed by atoms with Crippen molar-refractivity contribution in [2.45, 2.75) is 38.8 Å². The lowest BCUT2D eigenvalue weighted by Gasteiger charge is -2.27. The monoisotopic (exact) mass is 452 g/mol. The van der Waals surface area contributed by atoms with Crippen LogP contribution in [0.2, 0.25) is 0 Å². The maximum atomic E-state index is 12.9. The Bertz CT molecular complexity index is 1390. The van der Waals surface area contributed by atoms with Crippen molar-refractivity contribution in [3.8, 4) is 0 Å². The first-order chi connectivity index (χ1) is 15.4. The molecule has 3 aromatic rings. The quantitative estimate of drug-likeness (QED) is 0.658. The molecular formula is C23H24N4O4S. The van der Waals surface area contributed by atoms with E-state index in [1.54, 1.807) is 0 Å². The van der Waals surface area contributed by atoms with Crippen molar-refractivity contribution in [1.29, 1.82) is 0 Å². The zero-order valence-corrected chi connectivity index (χ0v) is 18.6. The first-order valence-electron chi connectivity index (χ1n) is 10.8. The summed E-state index contributed by atoms with van der Waals surface area (Å²) in [7, 11) is -3.16. The number of amides is 2. The van der Waals surface area contributed by atoms with Crippen molar-refractivity contribution in [3.05, 3.63) is 42.5 Å². The third-order valence-electron chi connectivity index (χ3n) is 6.22. The van der Waals surface area contributed by atoms with Gasteiger partial charge in [-0.15, -0.1) is 0 Å². The van der Waals surface area contributed by atoms with Crippen molar-refractivity contribution in [2.24, 2.45) is 5.10 Å². The lowest BCUT2D eigenvalue weighted by Crippen LogP contribution is -2.42. The first kappa shape index (κ1) is 20.7. The maximum Gasteiger partial charge on any atom is 0.271 e. The fourth-order valence-corrected chi connectivity index (χ4v) is 6.36. The molecule has 0 radical (unpaired) electrons. The number of hydrogen-bond acceptors (Lipinski definition) is 5. The van der Waals surface area contributed by atoms with Crippen LogP contribution in [0, 0.1) is 0 Å². The molecule has 1 saturated heterocycles. The minimum atomic E-state index is -3.16. The molecule has 2 aliphatic heterocycles. The Balaban J connectivity index is 1.42. The number of para-hydroxylation sites is 1. The number of sulfone groups is 1. The highest BCUT2D eigenvalue weighted by molar-refractivity contribution is 7.91. The molecule has 166 valence electrons. The molecule has 8 nitrogen and oxygen atoms in total. The van der Waals surface area contributed by atoms with Crippen LogP contribution in [0.4, 0.5) is 5.69 Å². The third-order valence-corrected chi connectivity index (χ3v) is 7.97. The molecule has 9 heteroatoms. The number of hydrazone groups is 1. The number of carbonyl (C=O) groups excluding carboxylic acids is 2. The molecule has 5 rings (SSSR count). The van der Waals surface area contributed by atoms with E-state index in [-0.39, 0.29) is 41.9 Å². The molecule has 0 bridgehead atoms. The second-order valence-electron chi connectivity index (χ2n) is 8.29. The minimum Gasteiger partial charge on any atom is -0.341 e. The van der Waals surface area contributed by atoms with Crippen LogP contribution < -0.4 is 5.32 Å². The zero-order chi connectivity index (χ0) is 22.5. The Kier molecular flexibility index (Phi) is 5.00. The Morgan fingerprint density at radius 2 is 1.91 bits per heavy atom. The summed E-state index contributed by atoms with van der Waals surface area (Å²) in [6.07, 6.45) is 0.731. The number of aryl methyl sites for hydroxylation is 1. The van der Waals surface area contributed by atoms with Gasteiger partial charge in [0.15, 0.2) is 9.84 Å². The molecule has 1 aromatic heterocycles. The summed E-state index contributed by atoms with van der Waals surface area (Å²) in [5.41, 5.74) is 3.13. The summed E-state index contributed by atoms with van der Waals surface area (Å²) in [6, 6.07) is 13.5. The molecule has 0 aliphatic carbocycles. The van der Waals surface area contributed by atoms with Gasteiger partial charge in [0.05, 0.1) is 17.5 Å². The zero-order valence-electron chi connectivity index (χ0n) is 17.7. The van der Waals surface area contributed by atoms with Gasteiger partial charge < -0.3 is 9.88 Å². The molecule has 2 aliphatic rings. The number of aromatic nitrogens is 1. The SMILES string of the molecule is CCn1c2ccccc2c2cc(NC(=O)C3=NN(C4CCS(=O)(=O)C4)C(=O)CC3)ccc21. The van der Waals surface area contributed by atoms with Crippen LogP contribution in [0.3, 0.4) is 0 Å². The lowest BCUT2D eigenvalue weighted by atomic mass is 10.1. The van der Waals surface area contributed by atoms with Gasteiger partial charge in [-0.3, -0.25) is 9.59 Å². The van der Waals surface area contributed by atoms with Crippen molar-refractivity contribution >= 4 is 54.9 Å². The molecule has 2 amide bonds. The Hall–Kier alpha value is -3.20. The average molecular weight is 453 g/mol. The number of anilines is 1. The van der Waals surface area contributed by atoms with E-state index in [1.165, 1.54) is 5.01 Å². The molecule has 3 heterocycles. The van der Waals surface area contributed by atoms with Crippen LogP contribution in [-0.4, -0.2) is 53.1 Å². The molecular weight excluding hydrogens is 428 g/mol. The second-order valence-corrected chi connectivity index (χ2v) is 10.5. The number of nitrogens with one attached hydrogen (secondary N) is 1. The van der Waals surface area contributed by atoms with E-state index < -0.39 is 15.9 Å². The fraction of sp³-hybridized carbons (Fsp3) is 0.348. The topological polar surface area (TPSA) is 101 Å². The lowest BCUT2D eigenvalue weighted by molar-refractivity contribution is -0.133. The van der Waals surface area contributed by atoms with Gasteiger partial charge in [-0.25, -0.2) is 13.4 Å². The molecule has 32 heavy (non-hydrogen) atoms. The summed E-state index contributed by atoms with van der Waals surface area (Å²) < 4.78 is 25.8. The smallest absolute Gasteiger partial charge is 0.271 e. The highest BCUT2D eigenvalue weighted by Crippen LogP contribution is 2.31. The molecule has 1 fully saturated rings. The van der Waals surface area contributed by atoms with Gasteiger partial charge in [0, 0.05) is 46.9 Å². The predicted octanol–water partition coefficient (Wildman–Crippen LogP) is 2.92. The van der Waals surface area contributed by atoms with Gasteiger partial charge in [0.2, 0.25) is 5.91 Å². The number of nitrogens with zero attached hydrogens (tertiary/aromatic N) is 3. The van der Waals surface area contributed by atoms with Gasteiger partial charge in [0.1, 0.15) is 5.71 Å². The van der Waals surface area contributed by atoms with Crippen LogP contribution in [0.1, 0.15) is 26.2 Å². The number of rotatable bonds is 4. The highest BCUT2D eigenvalue weighted by atomic mass is 32.2. The van der Waals surface area contributed by atoms with E-state index in [9.17, 15) is 18.0 Å². The summed E-state index contributed by atoms with van der Waals surface area (Å²) >= 11 is 0. The minimum absolute atomic E-state index is 0.0455. The molecule has 1 N–H and O–H groups in total. The molecule has 0 saturated carbocycles.